The summed E-state index contributed by atoms with van der Waals surface area (Å²) in [6.07, 6.45) is 1.59. The number of rotatable bonds is 1. The number of carbonyl (C=O) groups is 1. The summed E-state index contributed by atoms with van der Waals surface area (Å²) in [6.45, 7) is 0. The van der Waals surface area contributed by atoms with Crippen LogP contribution in [0.5, 0.6) is 0 Å². The Labute approximate surface area is 90.2 Å². The maximum Gasteiger partial charge on any atom is 0.262 e. The standard InChI is InChI=1S/C9H6Cl2N2O/c10-4-9(14)13-8-2-1-7(11)3-6(8)5-12-13/h1-3,5H,4H2. The van der Waals surface area contributed by atoms with E-state index in [9.17, 15) is 4.79 Å². The van der Waals surface area contributed by atoms with E-state index in [1.54, 1.807) is 24.4 Å². The maximum absolute atomic E-state index is 11.3. The molecular formula is C9H6Cl2N2O. The van der Waals surface area contributed by atoms with Gasteiger partial charge in [-0.15, -0.1) is 11.6 Å². The van der Waals surface area contributed by atoms with Gasteiger partial charge in [-0.2, -0.15) is 9.78 Å². The molecule has 0 spiro atoms. The smallest absolute Gasteiger partial charge is 0.262 e. The van der Waals surface area contributed by atoms with Crippen LogP contribution in [0, 0.1) is 0 Å². The number of hydrogen-bond donors (Lipinski definition) is 0. The average Bonchev–Trinajstić information content (AvgIpc) is 2.59. The van der Waals surface area contributed by atoms with Gasteiger partial charge in [-0.1, -0.05) is 11.6 Å². The second-order valence-electron chi connectivity index (χ2n) is 2.79. The fraction of sp³-hybridized carbons (Fsp3) is 0.111. The van der Waals surface area contributed by atoms with Gasteiger partial charge in [0.25, 0.3) is 5.91 Å². The first-order chi connectivity index (χ1) is 6.72. The van der Waals surface area contributed by atoms with Crippen molar-refractivity contribution >= 4 is 40.0 Å². The van der Waals surface area contributed by atoms with Crippen LogP contribution in [-0.2, 0) is 0 Å². The topological polar surface area (TPSA) is 34.9 Å². The molecule has 0 unspecified atom stereocenters. The third-order valence-electron chi connectivity index (χ3n) is 1.88. The predicted octanol–water partition coefficient (Wildman–Crippen LogP) is 2.57. The Balaban J connectivity index is 2.64. The van der Waals surface area contributed by atoms with Gasteiger partial charge >= 0.3 is 0 Å². The lowest BCUT2D eigenvalue weighted by molar-refractivity contribution is 0.0930. The number of nitrogens with zero attached hydrogens (tertiary/aromatic N) is 2. The molecule has 0 N–H and O–H groups in total. The normalized spacial score (nSPS) is 10.7. The molecule has 1 aromatic carbocycles. The summed E-state index contributed by atoms with van der Waals surface area (Å²) in [4.78, 5) is 11.3. The third kappa shape index (κ3) is 1.49. The Morgan fingerprint density at radius 3 is 3.00 bits per heavy atom. The van der Waals surface area contributed by atoms with Crippen molar-refractivity contribution in [2.24, 2.45) is 0 Å². The molecule has 0 aliphatic rings. The fourth-order valence-electron chi connectivity index (χ4n) is 1.26. The molecule has 0 saturated carbocycles. The van der Waals surface area contributed by atoms with E-state index in [1.807, 2.05) is 0 Å². The number of fused-ring (bicyclic) bond motifs is 1. The van der Waals surface area contributed by atoms with E-state index < -0.39 is 0 Å². The first kappa shape index (κ1) is 9.49. The molecule has 3 nitrogen and oxygen atoms in total. The molecule has 1 aromatic heterocycles. The Bertz CT molecular complexity index is 493. The summed E-state index contributed by atoms with van der Waals surface area (Å²) in [6, 6.07) is 5.21. The van der Waals surface area contributed by atoms with Gasteiger partial charge in [-0.05, 0) is 18.2 Å². The molecular weight excluding hydrogens is 223 g/mol. The van der Waals surface area contributed by atoms with E-state index in [2.05, 4.69) is 5.10 Å². The molecule has 0 amide bonds. The quantitative estimate of drug-likeness (QED) is 0.704. The first-order valence-corrected chi connectivity index (χ1v) is 4.86. The summed E-state index contributed by atoms with van der Waals surface area (Å²) in [7, 11) is 0. The molecule has 0 radical (unpaired) electrons. The fourth-order valence-corrected chi connectivity index (χ4v) is 1.55. The number of alkyl halides is 1. The van der Waals surface area contributed by atoms with Gasteiger partial charge in [0.05, 0.1) is 11.7 Å². The second kappa shape index (κ2) is 3.59. The van der Waals surface area contributed by atoms with Gasteiger partial charge in [-0.3, -0.25) is 4.79 Å². The maximum atomic E-state index is 11.3. The highest BCUT2D eigenvalue weighted by molar-refractivity contribution is 6.31. The van der Waals surface area contributed by atoms with Crippen molar-refractivity contribution in [3.63, 3.8) is 0 Å². The van der Waals surface area contributed by atoms with Crippen LogP contribution in [0.25, 0.3) is 10.9 Å². The molecule has 72 valence electrons. The Morgan fingerprint density at radius 1 is 1.50 bits per heavy atom. The molecule has 0 bridgehead atoms. The summed E-state index contributed by atoms with van der Waals surface area (Å²) >= 11 is 11.2. The monoisotopic (exact) mass is 228 g/mol. The predicted molar refractivity (Wildman–Crippen MR) is 56.1 cm³/mol. The van der Waals surface area contributed by atoms with Crippen molar-refractivity contribution in [3.05, 3.63) is 29.4 Å². The van der Waals surface area contributed by atoms with E-state index in [-0.39, 0.29) is 11.8 Å². The largest absolute Gasteiger partial charge is 0.271 e. The Hall–Kier alpha value is -1.06. The molecule has 14 heavy (non-hydrogen) atoms. The van der Waals surface area contributed by atoms with Gasteiger partial charge in [0.1, 0.15) is 5.88 Å². The average molecular weight is 229 g/mol. The summed E-state index contributed by atoms with van der Waals surface area (Å²) in [5, 5.41) is 5.38. The van der Waals surface area contributed by atoms with Crippen molar-refractivity contribution in [1.29, 1.82) is 0 Å². The lowest BCUT2D eigenvalue weighted by atomic mass is 10.2. The van der Waals surface area contributed by atoms with Crippen LogP contribution in [0.15, 0.2) is 24.4 Å². The van der Waals surface area contributed by atoms with E-state index in [1.165, 1.54) is 4.68 Å². The third-order valence-corrected chi connectivity index (χ3v) is 2.34. The Morgan fingerprint density at radius 2 is 2.29 bits per heavy atom. The summed E-state index contributed by atoms with van der Waals surface area (Å²) in [5.74, 6) is -0.330. The zero-order chi connectivity index (χ0) is 10.1. The SMILES string of the molecule is O=C(CCl)n1ncc2cc(Cl)ccc21. The molecule has 2 aromatic rings. The van der Waals surface area contributed by atoms with Crippen LogP contribution >= 0.6 is 23.2 Å². The van der Waals surface area contributed by atoms with E-state index in [0.717, 1.165) is 10.9 Å². The molecule has 2 rings (SSSR count). The molecule has 0 atom stereocenters. The van der Waals surface area contributed by atoms with Crippen molar-refractivity contribution < 1.29 is 4.79 Å². The minimum atomic E-state index is -0.246. The number of hydrogen-bond acceptors (Lipinski definition) is 2. The number of halogens is 2. The Kier molecular flexibility index (Phi) is 2.44. The number of aromatic nitrogens is 2. The number of carbonyl (C=O) groups excluding carboxylic acids is 1. The second-order valence-corrected chi connectivity index (χ2v) is 3.49. The van der Waals surface area contributed by atoms with Gasteiger partial charge < -0.3 is 0 Å². The molecule has 0 aliphatic heterocycles. The molecule has 0 fully saturated rings. The van der Waals surface area contributed by atoms with E-state index >= 15 is 0 Å². The van der Waals surface area contributed by atoms with Crippen LogP contribution in [0.1, 0.15) is 4.79 Å². The van der Waals surface area contributed by atoms with Crippen LogP contribution in [0.3, 0.4) is 0 Å². The zero-order valence-electron chi connectivity index (χ0n) is 7.08. The van der Waals surface area contributed by atoms with E-state index in [0.29, 0.717) is 5.02 Å². The highest BCUT2D eigenvalue weighted by atomic mass is 35.5. The summed E-state index contributed by atoms with van der Waals surface area (Å²) in [5.41, 5.74) is 0.722. The zero-order valence-corrected chi connectivity index (χ0v) is 8.59. The van der Waals surface area contributed by atoms with E-state index in [4.69, 9.17) is 23.2 Å². The summed E-state index contributed by atoms with van der Waals surface area (Å²) < 4.78 is 1.28. The number of benzene rings is 1. The van der Waals surface area contributed by atoms with Crippen molar-refractivity contribution in [1.82, 2.24) is 9.78 Å². The molecule has 0 aliphatic carbocycles. The lowest BCUT2D eigenvalue weighted by Crippen LogP contribution is -2.12. The minimum absolute atomic E-state index is 0.0839. The van der Waals surface area contributed by atoms with Crippen molar-refractivity contribution in [3.8, 4) is 0 Å². The lowest BCUT2D eigenvalue weighted by Gasteiger charge is -1.97. The minimum Gasteiger partial charge on any atom is -0.271 e. The van der Waals surface area contributed by atoms with Crippen LogP contribution < -0.4 is 0 Å². The highest BCUT2D eigenvalue weighted by Gasteiger charge is 2.08. The van der Waals surface area contributed by atoms with Crippen LogP contribution in [-0.4, -0.2) is 21.6 Å². The highest BCUT2D eigenvalue weighted by Crippen LogP contribution is 2.18. The molecule has 5 heteroatoms. The van der Waals surface area contributed by atoms with Gasteiger partial charge in [0.2, 0.25) is 0 Å². The van der Waals surface area contributed by atoms with Crippen LogP contribution in [0.2, 0.25) is 5.02 Å². The molecule has 1 heterocycles. The molecule has 0 saturated heterocycles. The first-order valence-electron chi connectivity index (χ1n) is 3.95. The van der Waals surface area contributed by atoms with Gasteiger partial charge in [0, 0.05) is 10.4 Å². The van der Waals surface area contributed by atoms with Crippen molar-refractivity contribution in [2.75, 3.05) is 5.88 Å². The van der Waals surface area contributed by atoms with Gasteiger partial charge in [-0.25, -0.2) is 0 Å². The van der Waals surface area contributed by atoms with Crippen LogP contribution in [0.4, 0.5) is 0 Å². The van der Waals surface area contributed by atoms with Gasteiger partial charge in [0.15, 0.2) is 0 Å². The van der Waals surface area contributed by atoms with Crippen molar-refractivity contribution in [2.45, 2.75) is 0 Å².